The summed E-state index contributed by atoms with van der Waals surface area (Å²) in [6, 6.07) is 1.93. The van der Waals surface area contributed by atoms with Crippen molar-refractivity contribution >= 4 is 5.69 Å². The van der Waals surface area contributed by atoms with Crippen LogP contribution < -0.4 is 15.8 Å². The van der Waals surface area contributed by atoms with Gasteiger partial charge in [-0.1, -0.05) is 6.92 Å². The molecule has 3 N–H and O–H groups in total. The van der Waals surface area contributed by atoms with Crippen LogP contribution in [0.2, 0.25) is 0 Å². The number of aromatic nitrogens is 1. The van der Waals surface area contributed by atoms with Gasteiger partial charge in [-0.05, 0) is 6.42 Å². The molecule has 0 radical (unpaired) electrons. The Labute approximate surface area is 84.5 Å². The van der Waals surface area contributed by atoms with Crippen LogP contribution in [0.3, 0.4) is 0 Å². The van der Waals surface area contributed by atoms with Crippen molar-refractivity contribution in [3.63, 3.8) is 0 Å². The summed E-state index contributed by atoms with van der Waals surface area (Å²) in [5.74, 6) is 0.800. The highest BCUT2D eigenvalue weighted by Crippen LogP contribution is 2.14. The second-order valence-corrected chi connectivity index (χ2v) is 2.97. The lowest BCUT2D eigenvalue weighted by Crippen LogP contribution is -2.13. The number of rotatable bonds is 6. The normalized spacial score (nSPS) is 9.86. The minimum absolute atomic E-state index is 0.611. The number of hydrogen-bond acceptors (Lipinski definition) is 4. The standard InChI is InChI=1S/C10H17N3O/c1-2-5-14-10-6-9(7-12-8-10)13-4-3-11/h6-8,13H,2-5,11H2,1H3. The van der Waals surface area contributed by atoms with Crippen molar-refractivity contribution in [3.05, 3.63) is 18.5 Å². The summed E-state index contributed by atoms with van der Waals surface area (Å²) in [6.45, 7) is 4.16. The zero-order chi connectivity index (χ0) is 10.2. The molecule has 0 bridgehead atoms. The van der Waals surface area contributed by atoms with E-state index < -0.39 is 0 Å². The number of ether oxygens (including phenoxy) is 1. The van der Waals surface area contributed by atoms with E-state index in [4.69, 9.17) is 10.5 Å². The van der Waals surface area contributed by atoms with Crippen molar-refractivity contribution in [2.45, 2.75) is 13.3 Å². The van der Waals surface area contributed by atoms with Crippen molar-refractivity contribution in [3.8, 4) is 5.75 Å². The Morgan fingerprint density at radius 3 is 3.07 bits per heavy atom. The fourth-order valence-corrected chi connectivity index (χ4v) is 1.03. The first kappa shape index (κ1) is 10.8. The molecule has 0 atom stereocenters. The molecule has 1 rings (SSSR count). The molecule has 0 aliphatic heterocycles. The van der Waals surface area contributed by atoms with E-state index in [0.717, 1.165) is 31.0 Å². The smallest absolute Gasteiger partial charge is 0.139 e. The van der Waals surface area contributed by atoms with E-state index in [1.165, 1.54) is 0 Å². The van der Waals surface area contributed by atoms with Crippen LogP contribution in [0.5, 0.6) is 5.75 Å². The van der Waals surface area contributed by atoms with Crippen molar-refractivity contribution in [1.29, 1.82) is 0 Å². The summed E-state index contributed by atoms with van der Waals surface area (Å²) in [7, 11) is 0. The highest BCUT2D eigenvalue weighted by molar-refractivity contribution is 5.45. The van der Waals surface area contributed by atoms with Crippen LogP contribution in [0.15, 0.2) is 18.5 Å². The molecule has 1 aromatic heterocycles. The van der Waals surface area contributed by atoms with Crippen LogP contribution in [0.1, 0.15) is 13.3 Å². The Kier molecular flexibility index (Phi) is 4.78. The maximum atomic E-state index is 5.44. The molecule has 0 unspecified atom stereocenters. The molecule has 0 amide bonds. The van der Waals surface area contributed by atoms with E-state index in [1.54, 1.807) is 12.4 Å². The maximum Gasteiger partial charge on any atom is 0.139 e. The Morgan fingerprint density at radius 2 is 2.36 bits per heavy atom. The summed E-state index contributed by atoms with van der Waals surface area (Å²) < 4.78 is 5.44. The Bertz CT molecular complexity index is 242. The largest absolute Gasteiger partial charge is 0.492 e. The molecule has 1 heterocycles. The second-order valence-electron chi connectivity index (χ2n) is 2.97. The summed E-state index contributed by atoms with van der Waals surface area (Å²) in [5, 5.41) is 3.14. The van der Waals surface area contributed by atoms with Crippen LogP contribution in [0, 0.1) is 0 Å². The van der Waals surface area contributed by atoms with Gasteiger partial charge in [0.1, 0.15) is 5.75 Å². The molecule has 0 fully saturated rings. The van der Waals surface area contributed by atoms with Crippen molar-refractivity contribution < 1.29 is 4.74 Å². The van der Waals surface area contributed by atoms with Gasteiger partial charge in [-0.3, -0.25) is 4.98 Å². The molecular formula is C10H17N3O. The number of anilines is 1. The van der Waals surface area contributed by atoms with Crippen LogP contribution >= 0.6 is 0 Å². The average Bonchev–Trinajstić information content (AvgIpc) is 2.24. The van der Waals surface area contributed by atoms with Gasteiger partial charge in [-0.15, -0.1) is 0 Å². The molecule has 0 spiro atoms. The van der Waals surface area contributed by atoms with Gasteiger partial charge in [0.25, 0.3) is 0 Å². The number of nitrogens with zero attached hydrogens (tertiary/aromatic N) is 1. The minimum Gasteiger partial charge on any atom is -0.492 e. The molecule has 0 aliphatic rings. The van der Waals surface area contributed by atoms with Crippen LogP contribution in [0.25, 0.3) is 0 Å². The topological polar surface area (TPSA) is 60.2 Å². The van der Waals surface area contributed by atoms with Gasteiger partial charge in [0.05, 0.1) is 24.7 Å². The zero-order valence-corrected chi connectivity index (χ0v) is 8.49. The molecule has 0 aliphatic carbocycles. The molecule has 0 saturated heterocycles. The third kappa shape index (κ3) is 3.62. The van der Waals surface area contributed by atoms with E-state index in [2.05, 4.69) is 17.2 Å². The monoisotopic (exact) mass is 195 g/mol. The summed E-state index contributed by atoms with van der Waals surface area (Å²) in [6.07, 6.45) is 4.47. The number of pyridine rings is 1. The van der Waals surface area contributed by atoms with Gasteiger partial charge in [0.2, 0.25) is 0 Å². The number of hydrogen-bond donors (Lipinski definition) is 2. The van der Waals surface area contributed by atoms with E-state index >= 15 is 0 Å². The molecule has 78 valence electrons. The number of nitrogens with two attached hydrogens (primary N) is 1. The Balaban J connectivity index is 2.50. The molecule has 14 heavy (non-hydrogen) atoms. The highest BCUT2D eigenvalue weighted by Gasteiger charge is 1.96. The molecule has 1 aromatic rings. The molecule has 0 aromatic carbocycles. The summed E-state index contributed by atoms with van der Waals surface area (Å²) in [4.78, 5) is 4.06. The van der Waals surface area contributed by atoms with Crippen molar-refractivity contribution in [2.75, 3.05) is 25.0 Å². The minimum atomic E-state index is 0.611. The lowest BCUT2D eigenvalue weighted by atomic mass is 10.4. The van der Waals surface area contributed by atoms with Gasteiger partial charge < -0.3 is 15.8 Å². The SMILES string of the molecule is CCCOc1cncc(NCCN)c1. The van der Waals surface area contributed by atoms with Crippen molar-refractivity contribution in [2.24, 2.45) is 5.73 Å². The lowest BCUT2D eigenvalue weighted by molar-refractivity contribution is 0.316. The fraction of sp³-hybridized carbons (Fsp3) is 0.500. The van der Waals surface area contributed by atoms with Gasteiger partial charge in [-0.25, -0.2) is 0 Å². The Hall–Kier alpha value is -1.29. The third-order valence-corrected chi connectivity index (χ3v) is 1.66. The van der Waals surface area contributed by atoms with Gasteiger partial charge in [0.15, 0.2) is 0 Å². The third-order valence-electron chi connectivity index (χ3n) is 1.66. The van der Waals surface area contributed by atoms with E-state index in [-0.39, 0.29) is 0 Å². The van der Waals surface area contributed by atoms with Crippen LogP contribution in [0.4, 0.5) is 5.69 Å². The predicted octanol–water partition coefficient (Wildman–Crippen LogP) is 1.24. The first-order valence-corrected chi connectivity index (χ1v) is 4.88. The summed E-state index contributed by atoms with van der Waals surface area (Å²) >= 11 is 0. The quantitative estimate of drug-likeness (QED) is 0.717. The predicted molar refractivity (Wildman–Crippen MR) is 57.6 cm³/mol. The average molecular weight is 195 g/mol. The Morgan fingerprint density at radius 1 is 1.50 bits per heavy atom. The second kappa shape index (κ2) is 6.21. The van der Waals surface area contributed by atoms with Gasteiger partial charge >= 0.3 is 0 Å². The summed E-state index contributed by atoms with van der Waals surface area (Å²) in [5.41, 5.74) is 6.33. The van der Waals surface area contributed by atoms with E-state index in [9.17, 15) is 0 Å². The molecule has 0 saturated carbocycles. The molecule has 4 nitrogen and oxygen atoms in total. The molecule has 4 heteroatoms. The number of nitrogens with one attached hydrogen (secondary N) is 1. The fourth-order valence-electron chi connectivity index (χ4n) is 1.03. The van der Waals surface area contributed by atoms with E-state index in [1.807, 2.05) is 6.07 Å². The highest BCUT2D eigenvalue weighted by atomic mass is 16.5. The van der Waals surface area contributed by atoms with E-state index in [0.29, 0.717) is 6.54 Å². The first-order valence-electron chi connectivity index (χ1n) is 4.88. The van der Waals surface area contributed by atoms with Crippen LogP contribution in [-0.4, -0.2) is 24.7 Å². The van der Waals surface area contributed by atoms with Crippen LogP contribution in [-0.2, 0) is 0 Å². The molecular weight excluding hydrogens is 178 g/mol. The van der Waals surface area contributed by atoms with Crippen molar-refractivity contribution in [1.82, 2.24) is 4.98 Å². The van der Waals surface area contributed by atoms with Gasteiger partial charge in [0, 0.05) is 19.2 Å². The van der Waals surface area contributed by atoms with Gasteiger partial charge in [-0.2, -0.15) is 0 Å². The zero-order valence-electron chi connectivity index (χ0n) is 8.49. The maximum absolute atomic E-state index is 5.44. The first-order chi connectivity index (χ1) is 6.86. The lowest BCUT2D eigenvalue weighted by Gasteiger charge is -2.07.